The first kappa shape index (κ1) is 14.7. The van der Waals surface area contributed by atoms with Crippen molar-refractivity contribution in [2.45, 2.75) is 19.0 Å². The normalized spacial score (nSPS) is 12.4. The summed E-state index contributed by atoms with van der Waals surface area (Å²) in [6.45, 7) is 1.52. The van der Waals surface area contributed by atoms with Crippen LogP contribution in [0.3, 0.4) is 0 Å². The van der Waals surface area contributed by atoms with E-state index in [4.69, 9.17) is 11.6 Å². The van der Waals surface area contributed by atoms with Gasteiger partial charge in [-0.25, -0.2) is 4.79 Å². The molecule has 0 aliphatic carbocycles. The average Bonchev–Trinajstić information content (AvgIpc) is 2.21. The van der Waals surface area contributed by atoms with Gasteiger partial charge in [0.25, 0.3) is 0 Å². The summed E-state index contributed by atoms with van der Waals surface area (Å²) >= 11 is 5.50. The Morgan fingerprint density at radius 3 is 2.28 bits per heavy atom. The summed E-state index contributed by atoms with van der Waals surface area (Å²) < 4.78 is 64.8. The molecule has 0 atom stereocenters. The van der Waals surface area contributed by atoms with Crippen molar-refractivity contribution in [1.82, 2.24) is 0 Å². The molecule has 8 heteroatoms. The predicted molar refractivity (Wildman–Crippen MR) is 52.8 cm³/mol. The van der Waals surface area contributed by atoms with E-state index in [-0.39, 0.29) is 5.02 Å². The van der Waals surface area contributed by atoms with Crippen LogP contribution in [0.15, 0.2) is 18.2 Å². The maximum absolute atomic E-state index is 12.6. The van der Waals surface area contributed by atoms with E-state index in [1.165, 1.54) is 19.1 Å². The fourth-order valence-corrected chi connectivity index (χ4v) is 1.12. The molecule has 1 aromatic carbocycles. The third kappa shape index (κ3) is 2.90. The van der Waals surface area contributed by atoms with Crippen molar-refractivity contribution >= 4 is 17.6 Å². The van der Waals surface area contributed by atoms with Gasteiger partial charge in [0, 0.05) is 0 Å². The van der Waals surface area contributed by atoms with Crippen molar-refractivity contribution in [2.75, 3.05) is 0 Å². The van der Waals surface area contributed by atoms with Crippen molar-refractivity contribution in [3.05, 3.63) is 28.8 Å². The summed E-state index contributed by atoms with van der Waals surface area (Å²) in [5.74, 6) is -8.85. The molecule has 1 rings (SSSR count). The minimum absolute atomic E-state index is 0.244. The van der Waals surface area contributed by atoms with Crippen LogP contribution < -0.4 is 4.74 Å². The van der Waals surface area contributed by atoms with Crippen LogP contribution in [0.2, 0.25) is 5.02 Å². The first-order valence-electron chi connectivity index (χ1n) is 4.48. The Morgan fingerprint density at radius 1 is 1.22 bits per heavy atom. The maximum atomic E-state index is 12.6. The Balaban J connectivity index is 2.98. The summed E-state index contributed by atoms with van der Waals surface area (Å²) in [5, 5.41) is -0.244. The number of hydrogen-bond acceptors (Lipinski definition) is 2. The second-order valence-corrected chi connectivity index (χ2v) is 3.80. The van der Waals surface area contributed by atoms with Gasteiger partial charge in [-0.3, -0.25) is 0 Å². The second-order valence-electron chi connectivity index (χ2n) is 3.40. The summed E-state index contributed by atoms with van der Waals surface area (Å²) in [7, 11) is 0. The molecule has 18 heavy (non-hydrogen) atoms. The molecule has 0 radical (unpaired) electrons. The lowest BCUT2D eigenvalue weighted by molar-refractivity contribution is -0.276. The third-order valence-corrected chi connectivity index (χ3v) is 2.21. The van der Waals surface area contributed by atoms with Crippen LogP contribution in [0.1, 0.15) is 5.56 Å². The van der Waals surface area contributed by atoms with Crippen LogP contribution in [0.4, 0.5) is 22.0 Å². The molecule has 0 fully saturated rings. The Kier molecular flexibility index (Phi) is 3.85. The van der Waals surface area contributed by atoms with Crippen molar-refractivity contribution in [1.29, 1.82) is 0 Å². The number of alkyl halides is 5. The second kappa shape index (κ2) is 4.72. The zero-order valence-corrected chi connectivity index (χ0v) is 9.57. The number of aryl methyl sites for hydroxylation is 1. The molecule has 0 aromatic heterocycles. The van der Waals surface area contributed by atoms with Crippen molar-refractivity contribution < 1.29 is 31.5 Å². The molecular formula is C10H6ClF5O2. The van der Waals surface area contributed by atoms with Crippen LogP contribution >= 0.6 is 11.6 Å². The number of hydrogen-bond donors (Lipinski definition) is 0. The van der Waals surface area contributed by atoms with E-state index in [1.807, 2.05) is 0 Å². The van der Waals surface area contributed by atoms with E-state index in [9.17, 15) is 26.7 Å². The predicted octanol–water partition coefficient (Wildman–Crippen LogP) is 3.75. The molecule has 0 saturated carbocycles. The molecular weight excluding hydrogens is 283 g/mol. The molecule has 0 bridgehead atoms. The average molecular weight is 289 g/mol. The zero-order valence-electron chi connectivity index (χ0n) is 8.82. The standard InChI is InChI=1S/C10H6ClF5O2/c1-5-2-3-6(11)7(4-5)18-8(17)9(12,13)10(14,15)16/h2-4H,1H3. The quantitative estimate of drug-likeness (QED) is 0.471. The van der Waals surface area contributed by atoms with Gasteiger partial charge in [0.1, 0.15) is 5.75 Å². The Bertz CT molecular complexity index is 470. The molecule has 1 aromatic rings. The fourth-order valence-electron chi connectivity index (χ4n) is 0.968. The Hall–Kier alpha value is -1.37. The van der Waals surface area contributed by atoms with Crippen LogP contribution in [-0.4, -0.2) is 18.1 Å². The van der Waals surface area contributed by atoms with Gasteiger partial charge in [0.05, 0.1) is 5.02 Å². The lowest BCUT2D eigenvalue weighted by Crippen LogP contribution is -2.46. The number of halogens is 6. The number of benzene rings is 1. The third-order valence-electron chi connectivity index (χ3n) is 1.90. The van der Waals surface area contributed by atoms with E-state index >= 15 is 0 Å². The number of esters is 1. The smallest absolute Gasteiger partial charge is 0.420 e. The van der Waals surface area contributed by atoms with Gasteiger partial charge < -0.3 is 4.74 Å². The largest absolute Gasteiger partial charge is 0.465 e. The van der Waals surface area contributed by atoms with E-state index in [0.29, 0.717) is 5.56 Å². The summed E-state index contributed by atoms with van der Waals surface area (Å²) in [6.07, 6.45) is -6.01. The molecule has 0 spiro atoms. The van der Waals surface area contributed by atoms with Crippen LogP contribution in [-0.2, 0) is 4.79 Å². The minimum Gasteiger partial charge on any atom is -0.420 e. The molecule has 0 unspecified atom stereocenters. The highest BCUT2D eigenvalue weighted by molar-refractivity contribution is 6.32. The number of ether oxygens (including phenoxy) is 1. The molecule has 0 aliphatic rings. The number of carbonyl (C=O) groups is 1. The monoisotopic (exact) mass is 288 g/mol. The Labute approximate surface area is 103 Å². The molecule has 0 amide bonds. The first-order chi connectivity index (χ1) is 8.05. The van der Waals surface area contributed by atoms with Crippen LogP contribution in [0, 0.1) is 6.92 Å². The summed E-state index contributed by atoms with van der Waals surface area (Å²) in [5.41, 5.74) is 0.484. The lowest BCUT2D eigenvalue weighted by Gasteiger charge is -2.18. The van der Waals surface area contributed by atoms with Crippen molar-refractivity contribution in [3.8, 4) is 5.75 Å². The SMILES string of the molecule is Cc1ccc(Cl)c(OC(=O)C(F)(F)C(F)(F)F)c1. The topological polar surface area (TPSA) is 26.3 Å². The van der Waals surface area contributed by atoms with Crippen molar-refractivity contribution in [3.63, 3.8) is 0 Å². The van der Waals surface area contributed by atoms with E-state index in [2.05, 4.69) is 4.74 Å². The molecule has 0 aliphatic heterocycles. The number of rotatable bonds is 2. The first-order valence-corrected chi connectivity index (χ1v) is 4.86. The van der Waals surface area contributed by atoms with Crippen molar-refractivity contribution in [2.24, 2.45) is 0 Å². The van der Waals surface area contributed by atoms with E-state index < -0.39 is 23.8 Å². The van der Waals surface area contributed by atoms with Gasteiger partial charge in [0.15, 0.2) is 0 Å². The minimum atomic E-state index is -6.01. The summed E-state index contributed by atoms with van der Waals surface area (Å²) in [6, 6.07) is 3.76. The van der Waals surface area contributed by atoms with E-state index in [1.54, 1.807) is 0 Å². The molecule has 0 heterocycles. The molecule has 2 nitrogen and oxygen atoms in total. The Morgan fingerprint density at radius 2 is 1.78 bits per heavy atom. The van der Waals surface area contributed by atoms with Gasteiger partial charge in [-0.2, -0.15) is 22.0 Å². The maximum Gasteiger partial charge on any atom is 0.465 e. The molecule has 0 N–H and O–H groups in total. The summed E-state index contributed by atoms with van der Waals surface area (Å²) in [4.78, 5) is 10.8. The van der Waals surface area contributed by atoms with Gasteiger partial charge >= 0.3 is 18.1 Å². The zero-order chi connectivity index (χ0) is 14.1. The van der Waals surface area contributed by atoms with E-state index in [0.717, 1.165) is 6.07 Å². The highest BCUT2D eigenvalue weighted by Crippen LogP contribution is 2.37. The fraction of sp³-hybridized carbons (Fsp3) is 0.300. The number of carbonyl (C=O) groups excluding carboxylic acids is 1. The van der Waals surface area contributed by atoms with Gasteiger partial charge in [-0.05, 0) is 24.6 Å². The van der Waals surface area contributed by atoms with Crippen LogP contribution in [0.5, 0.6) is 5.75 Å². The molecule has 0 saturated heterocycles. The lowest BCUT2D eigenvalue weighted by atomic mass is 10.2. The highest BCUT2D eigenvalue weighted by atomic mass is 35.5. The molecule has 100 valence electrons. The highest BCUT2D eigenvalue weighted by Gasteiger charge is 2.65. The van der Waals surface area contributed by atoms with Crippen LogP contribution in [0.25, 0.3) is 0 Å². The van der Waals surface area contributed by atoms with Gasteiger partial charge in [-0.1, -0.05) is 17.7 Å². The van der Waals surface area contributed by atoms with Gasteiger partial charge in [-0.15, -0.1) is 0 Å². The van der Waals surface area contributed by atoms with Gasteiger partial charge in [0.2, 0.25) is 0 Å².